The highest BCUT2D eigenvalue weighted by Crippen LogP contribution is 2.15. The molecule has 0 rings (SSSR count). The first kappa shape index (κ1) is 15.7. The minimum absolute atomic E-state index is 0.274. The molecule has 0 aliphatic carbocycles. The lowest BCUT2D eigenvalue weighted by Crippen LogP contribution is -2.32. The van der Waals surface area contributed by atoms with Crippen molar-refractivity contribution in [2.75, 3.05) is 6.61 Å². The smallest absolute Gasteiger partial charge is 0.336 e. The number of rotatable bonds is 9. The van der Waals surface area contributed by atoms with E-state index in [4.69, 9.17) is 16.3 Å². The van der Waals surface area contributed by atoms with E-state index < -0.39 is 17.5 Å². The zero-order valence-corrected chi connectivity index (χ0v) is 11.0. The van der Waals surface area contributed by atoms with Crippen molar-refractivity contribution in [1.29, 1.82) is 0 Å². The Balaban J connectivity index is 3.62. The van der Waals surface area contributed by atoms with Crippen LogP contribution in [0, 0.1) is 0 Å². The maximum atomic E-state index is 11.2. The molecule has 0 saturated heterocycles. The van der Waals surface area contributed by atoms with Crippen LogP contribution in [-0.2, 0) is 9.53 Å². The number of carbonyl (C=O) groups excluding carboxylic acids is 1. The van der Waals surface area contributed by atoms with Gasteiger partial charge >= 0.3 is 5.97 Å². The number of esters is 1. The van der Waals surface area contributed by atoms with E-state index in [1.54, 1.807) is 6.92 Å². The van der Waals surface area contributed by atoms with Crippen molar-refractivity contribution in [1.82, 2.24) is 0 Å². The molecule has 2 atom stereocenters. The zero-order chi connectivity index (χ0) is 12.4. The summed E-state index contributed by atoms with van der Waals surface area (Å²) in [7, 11) is 0. The van der Waals surface area contributed by atoms with Gasteiger partial charge in [0.25, 0.3) is 0 Å². The van der Waals surface area contributed by atoms with Gasteiger partial charge in [-0.15, -0.1) is 11.6 Å². The lowest BCUT2D eigenvalue weighted by atomic mass is 10.1. The molecule has 0 aromatic heterocycles. The second-order valence-electron chi connectivity index (χ2n) is 3.92. The quantitative estimate of drug-likeness (QED) is 0.389. The average Bonchev–Trinajstić information content (AvgIpc) is 2.27. The fourth-order valence-electron chi connectivity index (χ4n) is 1.48. The number of aliphatic hydroxyl groups is 1. The minimum atomic E-state index is -1.19. The number of halogens is 1. The van der Waals surface area contributed by atoms with E-state index in [0.29, 0.717) is 6.42 Å². The summed E-state index contributed by atoms with van der Waals surface area (Å²) in [4.78, 5) is 11.2. The van der Waals surface area contributed by atoms with Crippen LogP contribution in [-0.4, -0.2) is 29.2 Å². The normalized spacial score (nSPS) is 14.5. The van der Waals surface area contributed by atoms with Crippen LogP contribution >= 0.6 is 11.6 Å². The third-order valence-corrected chi connectivity index (χ3v) is 2.91. The Hall–Kier alpha value is -0.280. The summed E-state index contributed by atoms with van der Waals surface area (Å²) >= 11 is 5.92. The van der Waals surface area contributed by atoms with E-state index in [9.17, 15) is 9.90 Å². The van der Waals surface area contributed by atoms with Gasteiger partial charge in [0.2, 0.25) is 0 Å². The molecule has 0 saturated carbocycles. The van der Waals surface area contributed by atoms with Crippen molar-refractivity contribution in [3.8, 4) is 0 Å². The van der Waals surface area contributed by atoms with E-state index in [-0.39, 0.29) is 6.61 Å². The van der Waals surface area contributed by atoms with Crippen LogP contribution in [0.15, 0.2) is 0 Å². The number of hydrogen-bond acceptors (Lipinski definition) is 3. The van der Waals surface area contributed by atoms with E-state index in [1.807, 2.05) is 0 Å². The van der Waals surface area contributed by atoms with Crippen molar-refractivity contribution < 1.29 is 14.6 Å². The van der Waals surface area contributed by atoms with Crippen molar-refractivity contribution in [2.45, 2.75) is 63.9 Å². The molecule has 0 bridgehead atoms. The first-order valence-electron chi connectivity index (χ1n) is 6.12. The van der Waals surface area contributed by atoms with Crippen LogP contribution in [0.2, 0.25) is 0 Å². The third kappa shape index (κ3) is 7.07. The molecule has 0 heterocycles. The Bertz CT molecular complexity index is 185. The van der Waals surface area contributed by atoms with Crippen LogP contribution in [0.3, 0.4) is 0 Å². The molecule has 0 aliphatic rings. The van der Waals surface area contributed by atoms with Gasteiger partial charge in [0.05, 0.1) is 12.0 Å². The van der Waals surface area contributed by atoms with Crippen LogP contribution < -0.4 is 0 Å². The van der Waals surface area contributed by atoms with Gasteiger partial charge < -0.3 is 9.84 Å². The van der Waals surface area contributed by atoms with Crippen LogP contribution in [0.1, 0.15) is 52.4 Å². The molecule has 4 heteroatoms. The lowest BCUT2D eigenvalue weighted by Gasteiger charge is -2.15. The standard InChI is InChI=1S/C12H23ClO3/c1-3-5-6-7-8-9-10(13)11(14)12(15)16-4-2/h10-11,14H,3-9H2,1-2H3/t10?,11-/m1/s1. The van der Waals surface area contributed by atoms with Gasteiger partial charge in [0.1, 0.15) is 0 Å². The SMILES string of the molecule is CCCCCCCC(Cl)[C@@H](O)C(=O)OCC. The van der Waals surface area contributed by atoms with Crippen LogP contribution in [0.5, 0.6) is 0 Å². The summed E-state index contributed by atoms with van der Waals surface area (Å²) < 4.78 is 4.70. The Morgan fingerprint density at radius 3 is 2.44 bits per heavy atom. The second kappa shape index (κ2) is 9.91. The van der Waals surface area contributed by atoms with Gasteiger partial charge in [-0.25, -0.2) is 4.79 Å². The predicted octanol–water partition coefficient (Wildman–Crippen LogP) is 2.88. The van der Waals surface area contributed by atoms with Gasteiger partial charge in [-0.05, 0) is 13.3 Å². The number of unbranched alkanes of at least 4 members (excludes halogenated alkanes) is 4. The molecular formula is C12H23ClO3. The molecule has 0 aromatic carbocycles. The molecule has 0 spiro atoms. The number of ether oxygens (including phenoxy) is 1. The maximum Gasteiger partial charge on any atom is 0.336 e. The molecule has 0 aliphatic heterocycles. The molecule has 1 unspecified atom stereocenters. The molecule has 0 radical (unpaired) electrons. The van der Waals surface area contributed by atoms with E-state index in [2.05, 4.69) is 6.92 Å². The summed E-state index contributed by atoms with van der Waals surface area (Å²) in [5.74, 6) is -0.615. The number of alkyl halides is 1. The first-order chi connectivity index (χ1) is 7.63. The first-order valence-corrected chi connectivity index (χ1v) is 6.55. The molecule has 3 nitrogen and oxygen atoms in total. The molecule has 96 valence electrons. The largest absolute Gasteiger partial charge is 0.464 e. The van der Waals surface area contributed by atoms with Crippen molar-refractivity contribution in [3.63, 3.8) is 0 Å². The fourth-order valence-corrected chi connectivity index (χ4v) is 1.73. The van der Waals surface area contributed by atoms with Gasteiger partial charge in [-0.3, -0.25) is 0 Å². The molecule has 16 heavy (non-hydrogen) atoms. The highest BCUT2D eigenvalue weighted by Gasteiger charge is 2.24. The number of aliphatic hydroxyl groups excluding tert-OH is 1. The Morgan fingerprint density at radius 1 is 1.25 bits per heavy atom. The van der Waals surface area contributed by atoms with Gasteiger partial charge in [0.15, 0.2) is 6.10 Å². The topological polar surface area (TPSA) is 46.5 Å². The van der Waals surface area contributed by atoms with Crippen LogP contribution in [0.4, 0.5) is 0 Å². The van der Waals surface area contributed by atoms with E-state index in [0.717, 1.165) is 12.8 Å². The van der Waals surface area contributed by atoms with Gasteiger partial charge in [-0.2, -0.15) is 0 Å². The van der Waals surface area contributed by atoms with E-state index in [1.165, 1.54) is 19.3 Å². The summed E-state index contributed by atoms with van der Waals surface area (Å²) in [6, 6.07) is 0. The second-order valence-corrected chi connectivity index (χ2v) is 4.48. The predicted molar refractivity (Wildman–Crippen MR) is 65.7 cm³/mol. The van der Waals surface area contributed by atoms with Crippen LogP contribution in [0.25, 0.3) is 0 Å². The van der Waals surface area contributed by atoms with Crippen molar-refractivity contribution >= 4 is 17.6 Å². The maximum absolute atomic E-state index is 11.2. The average molecular weight is 251 g/mol. The number of hydrogen-bond donors (Lipinski definition) is 1. The summed E-state index contributed by atoms with van der Waals surface area (Å²) in [5, 5.41) is 8.99. The fraction of sp³-hybridized carbons (Fsp3) is 0.917. The van der Waals surface area contributed by atoms with E-state index >= 15 is 0 Å². The summed E-state index contributed by atoms with van der Waals surface area (Å²) in [6.07, 6.45) is 5.15. The van der Waals surface area contributed by atoms with Gasteiger partial charge in [0, 0.05) is 0 Å². The zero-order valence-electron chi connectivity index (χ0n) is 10.2. The Kier molecular flexibility index (Phi) is 9.74. The summed E-state index contributed by atoms with van der Waals surface area (Å²) in [5.41, 5.74) is 0. The van der Waals surface area contributed by atoms with Gasteiger partial charge in [-0.1, -0.05) is 39.0 Å². The highest BCUT2D eigenvalue weighted by molar-refractivity contribution is 6.22. The lowest BCUT2D eigenvalue weighted by molar-refractivity contribution is -0.153. The molecule has 0 aromatic rings. The van der Waals surface area contributed by atoms with Crippen molar-refractivity contribution in [3.05, 3.63) is 0 Å². The Morgan fingerprint density at radius 2 is 1.88 bits per heavy atom. The third-order valence-electron chi connectivity index (χ3n) is 2.45. The summed E-state index contributed by atoms with van der Waals surface area (Å²) in [6.45, 7) is 4.14. The minimum Gasteiger partial charge on any atom is -0.464 e. The highest BCUT2D eigenvalue weighted by atomic mass is 35.5. The Labute approximate surface area is 103 Å². The van der Waals surface area contributed by atoms with Crippen molar-refractivity contribution in [2.24, 2.45) is 0 Å². The monoisotopic (exact) mass is 250 g/mol. The molecule has 0 fully saturated rings. The number of carbonyl (C=O) groups is 1. The molecular weight excluding hydrogens is 228 g/mol. The molecule has 0 amide bonds. The molecule has 1 N–H and O–H groups in total.